The quantitative estimate of drug-likeness (QED) is 0.383. The summed E-state index contributed by atoms with van der Waals surface area (Å²) in [6.07, 6.45) is 0. The maximum atomic E-state index is 8.75. The van der Waals surface area contributed by atoms with E-state index in [1.165, 1.54) is 12.1 Å². The largest absolute Gasteiger partial charge is 1.00 e. The molecule has 0 aliphatic carbocycles. The van der Waals surface area contributed by atoms with Crippen molar-refractivity contribution in [3.8, 4) is 0 Å². The molecule has 5 heteroatoms. The van der Waals surface area contributed by atoms with Crippen molar-refractivity contribution >= 4 is 12.2 Å². The number of hydrogen-bond donors (Lipinski definition) is 3. The van der Waals surface area contributed by atoms with Crippen LogP contribution < -0.4 is 35.0 Å². The maximum absolute atomic E-state index is 8.75. The van der Waals surface area contributed by atoms with Crippen molar-refractivity contribution in [3.63, 3.8) is 0 Å². The van der Waals surface area contributed by atoms with Crippen LogP contribution in [0.3, 0.4) is 0 Å². The van der Waals surface area contributed by atoms with Gasteiger partial charge in [0.15, 0.2) is 0 Å². The van der Waals surface area contributed by atoms with Crippen LogP contribution in [0.25, 0.3) is 0 Å². The predicted molar refractivity (Wildman–Crippen MR) is 43.2 cm³/mol. The van der Waals surface area contributed by atoms with Crippen LogP contribution in [0.15, 0.2) is 24.3 Å². The number of hydrogen-bond acceptors (Lipinski definition) is 3. The molecule has 3 N–H and O–H groups in total. The van der Waals surface area contributed by atoms with Crippen LogP contribution in [-0.2, 0) is 0 Å². The Kier molecular flexibility index (Phi) is 4.48. The van der Waals surface area contributed by atoms with E-state index in [1.54, 1.807) is 12.1 Å². The summed E-state index contributed by atoms with van der Waals surface area (Å²) in [4.78, 5) is 0. The molecule has 1 aromatic rings. The zero-order valence-corrected chi connectivity index (χ0v) is 9.23. The summed E-state index contributed by atoms with van der Waals surface area (Å²) in [5.41, 5.74) is 1.14. The molecule has 0 fully saturated rings. The molecule has 0 unspecified atom stereocenters. The van der Waals surface area contributed by atoms with Gasteiger partial charge in [-0.25, -0.2) is 0 Å². The van der Waals surface area contributed by atoms with Gasteiger partial charge in [0.05, 0.1) is 0 Å². The molecule has 0 atom stereocenters. The van der Waals surface area contributed by atoms with Gasteiger partial charge in [-0.3, -0.25) is 0 Å². The molecule has 3 nitrogen and oxygen atoms in total. The van der Waals surface area contributed by atoms with Crippen molar-refractivity contribution in [3.05, 3.63) is 29.8 Å². The van der Waals surface area contributed by atoms with Crippen molar-refractivity contribution in [2.24, 2.45) is 0 Å². The average Bonchev–Trinajstić information content (AvgIpc) is 1.86. The summed E-state index contributed by atoms with van der Waals surface area (Å²) >= 11 is 0. The molecular weight excluding hydrogens is 166 g/mol. The summed E-state index contributed by atoms with van der Waals surface area (Å²) in [5, 5.41) is 26.3. The van der Waals surface area contributed by atoms with E-state index in [9.17, 15) is 0 Å². The Morgan fingerprint density at radius 2 is 1.42 bits per heavy atom. The number of rotatable bonds is 1. The van der Waals surface area contributed by atoms with Gasteiger partial charge in [-0.2, -0.15) is 0 Å². The first kappa shape index (κ1) is 12.2. The van der Waals surface area contributed by atoms with Crippen LogP contribution in [0.5, 0.6) is 0 Å². The molecule has 0 aliphatic rings. The minimum absolute atomic E-state index is 0. The van der Waals surface area contributed by atoms with Crippen molar-refractivity contribution in [2.75, 3.05) is 0 Å². The van der Waals surface area contributed by atoms with E-state index in [1.807, 2.05) is 6.92 Å². The molecule has 0 heterocycles. The summed E-state index contributed by atoms with van der Waals surface area (Å²) in [6.45, 7) is -1.44. The van der Waals surface area contributed by atoms with Gasteiger partial charge in [0.2, 0.25) is 0 Å². The Balaban J connectivity index is 0.00000121. The van der Waals surface area contributed by atoms with Crippen molar-refractivity contribution < 1.29 is 44.6 Å². The third-order valence-electron chi connectivity index (χ3n) is 1.52. The summed E-state index contributed by atoms with van der Waals surface area (Å²) in [7, 11) is 0. The topological polar surface area (TPSA) is 60.7 Å². The summed E-state index contributed by atoms with van der Waals surface area (Å²) in [6, 6.07) is 6.37. The smallest absolute Gasteiger partial charge is 0.556 e. The standard InChI is InChI=1S/C7H10BO3.Na/c1-6-2-4-7(5-3-6)8(9,10)11;/h2-5,9-11H,1H3;/q-1;+1. The fourth-order valence-electron chi connectivity index (χ4n) is 0.825. The zero-order valence-electron chi connectivity index (χ0n) is 7.23. The minimum atomic E-state index is -3.32. The Morgan fingerprint density at radius 3 is 1.75 bits per heavy atom. The fourth-order valence-corrected chi connectivity index (χ4v) is 0.825. The van der Waals surface area contributed by atoms with Crippen LogP contribution in [-0.4, -0.2) is 21.8 Å². The Morgan fingerprint density at radius 1 is 1.00 bits per heavy atom. The Hall–Kier alpha value is 0.165. The van der Waals surface area contributed by atoms with E-state index >= 15 is 0 Å². The van der Waals surface area contributed by atoms with E-state index < -0.39 is 6.75 Å². The third-order valence-corrected chi connectivity index (χ3v) is 1.52. The van der Waals surface area contributed by atoms with Gasteiger partial charge >= 0.3 is 36.3 Å². The van der Waals surface area contributed by atoms with E-state index in [-0.39, 0.29) is 35.0 Å². The van der Waals surface area contributed by atoms with Gasteiger partial charge in [-0.1, -0.05) is 29.8 Å². The molecule has 0 amide bonds. The Labute approximate surface area is 93.4 Å². The van der Waals surface area contributed by atoms with Gasteiger partial charge < -0.3 is 15.1 Å². The first-order valence-electron chi connectivity index (χ1n) is 3.38. The second kappa shape index (κ2) is 4.41. The van der Waals surface area contributed by atoms with Crippen LogP contribution in [0.1, 0.15) is 5.56 Å². The molecule has 0 aromatic heterocycles. The van der Waals surface area contributed by atoms with Crippen LogP contribution in [0.4, 0.5) is 0 Å². The van der Waals surface area contributed by atoms with Crippen LogP contribution in [0.2, 0.25) is 0 Å². The predicted octanol–water partition coefficient (Wildman–Crippen LogP) is -3.88. The number of aryl methyl sites for hydroxylation is 1. The minimum Gasteiger partial charge on any atom is -0.556 e. The second-order valence-electron chi connectivity index (χ2n) is 2.64. The van der Waals surface area contributed by atoms with E-state index in [2.05, 4.69) is 0 Å². The SMILES string of the molecule is Cc1ccc([B-](O)(O)O)cc1.[Na+]. The molecule has 1 rings (SSSR count). The first-order valence-corrected chi connectivity index (χ1v) is 3.38. The van der Waals surface area contributed by atoms with Gasteiger partial charge in [-0.05, 0) is 6.92 Å². The van der Waals surface area contributed by atoms with Gasteiger partial charge in [0, 0.05) is 0 Å². The van der Waals surface area contributed by atoms with Crippen LogP contribution in [0, 0.1) is 6.92 Å². The second-order valence-corrected chi connectivity index (χ2v) is 2.64. The normalized spacial score (nSPS) is 10.7. The monoisotopic (exact) mass is 176 g/mol. The molecule has 1 aromatic carbocycles. The molecule has 60 valence electrons. The van der Waals surface area contributed by atoms with E-state index in [0.29, 0.717) is 0 Å². The average molecular weight is 176 g/mol. The van der Waals surface area contributed by atoms with Gasteiger partial charge in [0.1, 0.15) is 0 Å². The summed E-state index contributed by atoms with van der Waals surface area (Å²) < 4.78 is 0. The van der Waals surface area contributed by atoms with Crippen molar-refractivity contribution in [1.82, 2.24) is 0 Å². The summed E-state index contributed by atoms with van der Waals surface area (Å²) in [5.74, 6) is 0. The molecule has 0 saturated carbocycles. The molecule has 0 saturated heterocycles. The third kappa shape index (κ3) is 3.27. The van der Waals surface area contributed by atoms with Crippen molar-refractivity contribution in [1.29, 1.82) is 0 Å². The molecular formula is C7H10BNaO3. The molecule has 0 radical (unpaired) electrons. The first-order chi connectivity index (χ1) is 5.00. The fraction of sp³-hybridized carbons (Fsp3) is 0.143. The zero-order chi connectivity index (χ0) is 8.48. The Bertz CT molecular complexity index is 242. The van der Waals surface area contributed by atoms with Crippen LogP contribution >= 0.6 is 0 Å². The molecule has 0 aliphatic heterocycles. The van der Waals surface area contributed by atoms with E-state index in [4.69, 9.17) is 15.1 Å². The molecule has 0 bridgehead atoms. The maximum Gasteiger partial charge on any atom is 1.00 e. The van der Waals surface area contributed by atoms with Gasteiger partial charge in [0.25, 0.3) is 0 Å². The van der Waals surface area contributed by atoms with Gasteiger partial charge in [-0.15, -0.1) is 5.46 Å². The molecule has 12 heavy (non-hydrogen) atoms. The van der Waals surface area contributed by atoms with E-state index in [0.717, 1.165) is 5.56 Å². The van der Waals surface area contributed by atoms with Crippen molar-refractivity contribution in [2.45, 2.75) is 6.92 Å². The number of benzene rings is 1. The molecule has 0 spiro atoms.